The molecule has 0 spiro atoms. The molecule has 0 radical (unpaired) electrons. The third-order valence-electron chi connectivity index (χ3n) is 4.26. The van der Waals surface area contributed by atoms with Crippen LogP contribution in [0.1, 0.15) is 12.8 Å². The SMILES string of the molecule is Oc1cc(-n2cccn2)ccc1-c1ccc(OCN2CCCC2)nn1. The van der Waals surface area contributed by atoms with Gasteiger partial charge in [-0.15, -0.1) is 10.2 Å². The number of hydrogen-bond acceptors (Lipinski definition) is 6. The van der Waals surface area contributed by atoms with Gasteiger partial charge in [-0.05, 0) is 37.1 Å². The van der Waals surface area contributed by atoms with Crippen molar-refractivity contribution in [1.82, 2.24) is 24.9 Å². The van der Waals surface area contributed by atoms with Crippen molar-refractivity contribution in [2.24, 2.45) is 0 Å². The van der Waals surface area contributed by atoms with Crippen molar-refractivity contribution in [3.05, 3.63) is 48.8 Å². The third kappa shape index (κ3) is 3.46. The Hall–Kier alpha value is -2.93. The van der Waals surface area contributed by atoms with Crippen LogP contribution in [0.2, 0.25) is 0 Å². The van der Waals surface area contributed by atoms with E-state index in [2.05, 4.69) is 20.2 Å². The molecule has 0 amide bonds. The summed E-state index contributed by atoms with van der Waals surface area (Å²) in [5, 5.41) is 22.7. The van der Waals surface area contributed by atoms with Crippen LogP contribution < -0.4 is 4.74 Å². The highest BCUT2D eigenvalue weighted by molar-refractivity contribution is 5.68. The second-order valence-corrected chi connectivity index (χ2v) is 6.01. The molecule has 1 aliphatic heterocycles. The van der Waals surface area contributed by atoms with Crippen molar-refractivity contribution >= 4 is 0 Å². The lowest BCUT2D eigenvalue weighted by atomic mass is 10.1. The van der Waals surface area contributed by atoms with Gasteiger partial charge in [-0.2, -0.15) is 5.10 Å². The van der Waals surface area contributed by atoms with Crippen LogP contribution in [-0.4, -0.2) is 49.8 Å². The Morgan fingerprint density at radius 1 is 1.08 bits per heavy atom. The van der Waals surface area contributed by atoms with Crippen LogP contribution in [0.15, 0.2) is 48.8 Å². The molecule has 2 aromatic heterocycles. The highest BCUT2D eigenvalue weighted by atomic mass is 16.5. The first-order valence-electron chi connectivity index (χ1n) is 8.32. The minimum atomic E-state index is 0.132. The van der Waals surface area contributed by atoms with E-state index in [1.165, 1.54) is 12.8 Å². The van der Waals surface area contributed by atoms with Crippen LogP contribution >= 0.6 is 0 Å². The molecule has 1 aromatic carbocycles. The highest BCUT2D eigenvalue weighted by Gasteiger charge is 2.13. The lowest BCUT2D eigenvalue weighted by Gasteiger charge is -2.14. The first-order valence-corrected chi connectivity index (χ1v) is 8.32. The standard InChI is InChI=1S/C18H19N5O2/c24-17-12-14(23-11-3-8-19-23)4-5-15(17)16-6-7-18(21-20-16)25-13-22-9-1-2-10-22/h3-8,11-12,24H,1-2,9-10,13H2. The highest BCUT2D eigenvalue weighted by Crippen LogP contribution is 2.29. The van der Waals surface area contributed by atoms with Crippen molar-refractivity contribution in [3.63, 3.8) is 0 Å². The fraction of sp³-hybridized carbons (Fsp3) is 0.278. The summed E-state index contributed by atoms with van der Waals surface area (Å²) in [5.74, 6) is 0.622. The van der Waals surface area contributed by atoms with Crippen molar-refractivity contribution in [1.29, 1.82) is 0 Å². The van der Waals surface area contributed by atoms with Gasteiger partial charge in [-0.25, -0.2) is 4.68 Å². The largest absolute Gasteiger partial charge is 0.507 e. The van der Waals surface area contributed by atoms with Gasteiger partial charge >= 0.3 is 0 Å². The summed E-state index contributed by atoms with van der Waals surface area (Å²) >= 11 is 0. The lowest BCUT2D eigenvalue weighted by Crippen LogP contribution is -2.24. The Labute approximate surface area is 145 Å². The molecule has 0 bridgehead atoms. The van der Waals surface area contributed by atoms with Gasteiger partial charge in [0.25, 0.3) is 0 Å². The zero-order valence-corrected chi connectivity index (χ0v) is 13.7. The number of rotatable bonds is 5. The Morgan fingerprint density at radius 2 is 1.96 bits per heavy atom. The van der Waals surface area contributed by atoms with Gasteiger partial charge < -0.3 is 9.84 Å². The predicted octanol–water partition coefficient (Wildman–Crippen LogP) is 2.47. The van der Waals surface area contributed by atoms with Crippen LogP contribution in [0.5, 0.6) is 11.6 Å². The zero-order chi connectivity index (χ0) is 17.1. The molecule has 1 aliphatic rings. The van der Waals surface area contributed by atoms with Crippen molar-refractivity contribution in [2.75, 3.05) is 19.8 Å². The molecule has 7 heteroatoms. The summed E-state index contributed by atoms with van der Waals surface area (Å²) in [7, 11) is 0. The van der Waals surface area contributed by atoms with E-state index < -0.39 is 0 Å². The fourth-order valence-corrected chi connectivity index (χ4v) is 2.91. The summed E-state index contributed by atoms with van der Waals surface area (Å²) in [6.45, 7) is 2.68. The Balaban J connectivity index is 1.47. The summed E-state index contributed by atoms with van der Waals surface area (Å²) in [4.78, 5) is 2.25. The van der Waals surface area contributed by atoms with Gasteiger partial charge in [0, 0.05) is 43.2 Å². The van der Waals surface area contributed by atoms with E-state index in [4.69, 9.17) is 4.74 Å². The minimum Gasteiger partial charge on any atom is -0.507 e. The number of likely N-dealkylation sites (tertiary alicyclic amines) is 1. The van der Waals surface area contributed by atoms with Crippen molar-refractivity contribution < 1.29 is 9.84 Å². The molecular weight excluding hydrogens is 318 g/mol. The van der Waals surface area contributed by atoms with Gasteiger partial charge in [0.2, 0.25) is 5.88 Å². The monoisotopic (exact) mass is 337 g/mol. The molecular formula is C18H19N5O2. The zero-order valence-electron chi connectivity index (χ0n) is 13.7. The van der Waals surface area contributed by atoms with E-state index in [1.54, 1.807) is 35.1 Å². The minimum absolute atomic E-state index is 0.132. The fourth-order valence-electron chi connectivity index (χ4n) is 2.91. The summed E-state index contributed by atoms with van der Waals surface area (Å²) in [6.07, 6.45) is 5.96. The molecule has 3 aromatic rings. The van der Waals surface area contributed by atoms with E-state index in [9.17, 15) is 5.11 Å². The Kier molecular flexibility index (Phi) is 4.30. The Morgan fingerprint density at radius 3 is 2.64 bits per heavy atom. The molecule has 4 rings (SSSR count). The van der Waals surface area contributed by atoms with E-state index in [1.807, 2.05) is 18.3 Å². The molecule has 1 saturated heterocycles. The lowest BCUT2D eigenvalue weighted by molar-refractivity contribution is 0.146. The van der Waals surface area contributed by atoms with Crippen LogP contribution in [0.4, 0.5) is 0 Å². The maximum Gasteiger partial charge on any atom is 0.234 e. The molecule has 0 atom stereocenters. The smallest absolute Gasteiger partial charge is 0.234 e. The van der Waals surface area contributed by atoms with Crippen LogP contribution in [0.3, 0.4) is 0 Å². The maximum absolute atomic E-state index is 10.3. The number of hydrogen-bond donors (Lipinski definition) is 1. The number of nitrogens with zero attached hydrogens (tertiary/aromatic N) is 5. The molecule has 0 saturated carbocycles. The molecule has 1 N–H and O–H groups in total. The molecule has 0 aliphatic carbocycles. The molecule has 0 unspecified atom stereocenters. The maximum atomic E-state index is 10.3. The predicted molar refractivity (Wildman–Crippen MR) is 92.6 cm³/mol. The molecule has 3 heterocycles. The topological polar surface area (TPSA) is 76.3 Å². The van der Waals surface area contributed by atoms with Crippen molar-refractivity contribution in [2.45, 2.75) is 12.8 Å². The number of benzene rings is 1. The normalized spacial score (nSPS) is 14.7. The van der Waals surface area contributed by atoms with E-state index in [-0.39, 0.29) is 5.75 Å². The van der Waals surface area contributed by atoms with Crippen LogP contribution in [-0.2, 0) is 0 Å². The molecule has 7 nitrogen and oxygen atoms in total. The van der Waals surface area contributed by atoms with E-state index >= 15 is 0 Å². The Bertz CT molecular complexity index is 827. The summed E-state index contributed by atoms with van der Waals surface area (Å²) in [5.41, 5.74) is 2.00. The van der Waals surface area contributed by atoms with Crippen LogP contribution in [0, 0.1) is 0 Å². The third-order valence-corrected chi connectivity index (χ3v) is 4.26. The first kappa shape index (κ1) is 15.6. The average molecular weight is 337 g/mol. The summed E-state index contributed by atoms with van der Waals surface area (Å²) < 4.78 is 7.34. The number of ether oxygens (including phenoxy) is 1. The molecule has 128 valence electrons. The van der Waals surface area contributed by atoms with Gasteiger partial charge in [0.15, 0.2) is 0 Å². The van der Waals surface area contributed by atoms with Gasteiger partial charge in [0.1, 0.15) is 12.5 Å². The first-order chi connectivity index (χ1) is 12.3. The average Bonchev–Trinajstić information content (AvgIpc) is 3.34. The molecule has 1 fully saturated rings. The number of aromatic hydroxyl groups is 1. The van der Waals surface area contributed by atoms with E-state index in [0.717, 1.165) is 18.8 Å². The van der Waals surface area contributed by atoms with Gasteiger partial charge in [-0.1, -0.05) is 0 Å². The van der Waals surface area contributed by atoms with Crippen molar-refractivity contribution in [3.8, 4) is 28.6 Å². The second kappa shape index (κ2) is 6.90. The van der Waals surface area contributed by atoms with E-state index in [0.29, 0.717) is 23.9 Å². The second-order valence-electron chi connectivity index (χ2n) is 6.01. The summed E-state index contributed by atoms with van der Waals surface area (Å²) in [6, 6.07) is 10.7. The van der Waals surface area contributed by atoms with Crippen LogP contribution in [0.25, 0.3) is 16.9 Å². The number of aromatic nitrogens is 4. The quantitative estimate of drug-likeness (QED) is 0.771. The molecule has 25 heavy (non-hydrogen) atoms. The number of phenols is 1. The van der Waals surface area contributed by atoms with Gasteiger partial charge in [0.05, 0.1) is 11.4 Å². The van der Waals surface area contributed by atoms with Gasteiger partial charge in [-0.3, -0.25) is 4.90 Å². The number of phenolic OH excluding ortho intramolecular Hbond substituents is 1.